The third kappa shape index (κ3) is 39.4. The van der Waals surface area contributed by atoms with E-state index < -0.39 is 42.6 Å². The minimum Gasteiger partial charge on any atom is -0.388 e. The first-order valence-electron chi connectivity index (χ1n) is 27.0. The van der Waals surface area contributed by atoms with Crippen LogP contribution in [0.3, 0.4) is 0 Å². The molecule has 63 heavy (non-hydrogen) atoms. The average Bonchev–Trinajstić information content (AvgIpc) is 3.22. The van der Waals surface area contributed by atoms with Gasteiger partial charge in [-0.25, -0.2) is 0 Å². The highest BCUT2D eigenvalue weighted by Crippen LogP contribution is 2.28. The number of aliphatic hydroxyl groups excluding tert-OH is 3. The first-order valence-corrected chi connectivity index (χ1v) is 27.0. The van der Waals surface area contributed by atoms with Crippen molar-refractivity contribution >= 4 is 0 Å². The van der Waals surface area contributed by atoms with E-state index in [0.717, 1.165) is 56.3 Å². The van der Waals surface area contributed by atoms with Gasteiger partial charge in [-0.2, -0.15) is 0 Å². The largest absolute Gasteiger partial charge is 0.388 e. The highest BCUT2D eigenvalue weighted by atomic mass is 16.7. The molecule has 0 aromatic heterocycles. The van der Waals surface area contributed by atoms with Crippen molar-refractivity contribution in [2.24, 2.45) is 23.2 Å². The first kappa shape index (κ1) is 62.6. The second-order valence-corrected chi connectivity index (χ2v) is 20.8. The van der Waals surface area contributed by atoms with Crippen LogP contribution in [0.2, 0.25) is 0 Å². The molecular weight excluding hydrogens is 793 g/mol. The van der Waals surface area contributed by atoms with Crippen molar-refractivity contribution in [2.75, 3.05) is 39.6 Å². The highest BCUT2D eigenvalue weighted by molar-refractivity contribution is 4.80. The molecule has 0 fully saturated rings. The Morgan fingerprint density at radius 3 is 0.698 bits per heavy atom. The summed E-state index contributed by atoms with van der Waals surface area (Å²) in [6, 6.07) is 0. The van der Waals surface area contributed by atoms with Crippen molar-refractivity contribution in [3.8, 4) is 0 Å². The molecule has 0 heterocycles. The van der Waals surface area contributed by atoms with Gasteiger partial charge in [0.2, 0.25) is 0 Å². The van der Waals surface area contributed by atoms with Crippen molar-refractivity contribution < 1.29 is 43.7 Å². The van der Waals surface area contributed by atoms with Crippen molar-refractivity contribution in [3.63, 3.8) is 0 Å². The van der Waals surface area contributed by atoms with Crippen LogP contribution in [0.5, 0.6) is 0 Å². The molecule has 0 radical (unpaired) electrons. The van der Waals surface area contributed by atoms with E-state index in [1.807, 2.05) is 0 Å². The van der Waals surface area contributed by atoms with Crippen LogP contribution in [0, 0.1) is 23.2 Å². The molecule has 0 spiro atoms. The lowest BCUT2D eigenvalue weighted by Crippen LogP contribution is -2.45. The summed E-state index contributed by atoms with van der Waals surface area (Å²) in [4.78, 5) is 0. The van der Waals surface area contributed by atoms with Gasteiger partial charge in [0.25, 0.3) is 0 Å². The van der Waals surface area contributed by atoms with E-state index in [0.29, 0.717) is 26.2 Å². The zero-order chi connectivity index (χ0) is 47.0. The molecule has 0 bridgehead atoms. The lowest BCUT2D eigenvalue weighted by Gasteiger charge is -2.37. The lowest BCUT2D eigenvalue weighted by molar-refractivity contribution is -0.253. The Morgan fingerprint density at radius 1 is 0.302 bits per heavy atom. The molecule has 0 rings (SSSR count). The van der Waals surface area contributed by atoms with Crippen LogP contribution in [-0.2, 0) is 28.4 Å². The molecule has 0 aliphatic carbocycles. The Balaban J connectivity index is 5.25. The quantitative estimate of drug-likeness (QED) is 0.0405. The zero-order valence-electron chi connectivity index (χ0n) is 43.5. The van der Waals surface area contributed by atoms with Crippen LogP contribution in [0.15, 0.2) is 0 Å². The van der Waals surface area contributed by atoms with Gasteiger partial charge in [0.1, 0.15) is 18.3 Å². The summed E-state index contributed by atoms with van der Waals surface area (Å²) in [5.74, 6) is 2.39. The van der Waals surface area contributed by atoms with E-state index in [9.17, 15) is 15.3 Å². The maximum atomic E-state index is 10.7. The highest BCUT2D eigenvalue weighted by Gasteiger charge is 2.35. The van der Waals surface area contributed by atoms with Gasteiger partial charge in [0.05, 0.1) is 19.8 Å². The fourth-order valence-electron chi connectivity index (χ4n) is 7.93. The molecule has 6 atom stereocenters. The van der Waals surface area contributed by atoms with Crippen molar-refractivity contribution in [1.29, 1.82) is 0 Å². The number of hydrogen-bond donors (Lipinski definition) is 3. The summed E-state index contributed by atoms with van der Waals surface area (Å²) in [7, 11) is 0. The zero-order valence-corrected chi connectivity index (χ0v) is 43.5. The molecule has 380 valence electrons. The van der Waals surface area contributed by atoms with E-state index in [4.69, 9.17) is 28.4 Å². The standard InChI is InChI=1S/C54H110O9/c1-11-54(42-61-51(48(8)55)58-39-33-27-21-15-12-18-24-30-36-45(2)3,43-62-52(49(9)56)59-40-34-28-22-16-13-19-25-31-37-46(4)5)44-63-53(50(10)57)60-41-35-29-23-17-14-20-26-32-38-47(6)7/h45-53,55-57H,11-44H2,1-10H3. The van der Waals surface area contributed by atoms with Crippen LogP contribution in [-0.4, -0.2) is 92.1 Å². The number of aliphatic hydroxyl groups is 3. The molecule has 0 aliphatic heterocycles. The minimum atomic E-state index is -0.830. The van der Waals surface area contributed by atoms with Crippen molar-refractivity contribution in [3.05, 3.63) is 0 Å². The van der Waals surface area contributed by atoms with Crippen LogP contribution in [0.4, 0.5) is 0 Å². The minimum absolute atomic E-state index is 0.184. The van der Waals surface area contributed by atoms with Gasteiger partial charge < -0.3 is 43.7 Å². The fourth-order valence-corrected chi connectivity index (χ4v) is 7.93. The Labute approximate surface area is 391 Å². The molecule has 9 heteroatoms. The van der Waals surface area contributed by atoms with E-state index >= 15 is 0 Å². The summed E-state index contributed by atoms with van der Waals surface area (Å²) in [6.45, 7) is 23.0. The second-order valence-electron chi connectivity index (χ2n) is 20.8. The molecule has 9 nitrogen and oxygen atoms in total. The molecule has 0 amide bonds. The normalized spacial score (nSPS) is 16.2. The summed E-state index contributed by atoms with van der Waals surface area (Å²) < 4.78 is 37.4. The molecular formula is C54H110O9. The van der Waals surface area contributed by atoms with Crippen LogP contribution in [0.25, 0.3) is 0 Å². The smallest absolute Gasteiger partial charge is 0.183 e. The maximum absolute atomic E-state index is 10.7. The molecule has 0 saturated carbocycles. The van der Waals surface area contributed by atoms with Crippen molar-refractivity contribution in [2.45, 2.75) is 286 Å². The molecule has 0 aromatic carbocycles. The monoisotopic (exact) mass is 903 g/mol. The van der Waals surface area contributed by atoms with Gasteiger partial charge in [-0.05, 0) is 64.2 Å². The summed E-state index contributed by atoms with van der Waals surface area (Å²) in [5.41, 5.74) is -0.691. The Bertz CT molecular complexity index is 815. The molecule has 0 saturated heterocycles. The Morgan fingerprint density at radius 2 is 0.508 bits per heavy atom. The van der Waals surface area contributed by atoms with Crippen LogP contribution < -0.4 is 0 Å². The number of unbranched alkanes of at least 4 members (excludes halogenated alkanes) is 21. The maximum Gasteiger partial charge on any atom is 0.183 e. The van der Waals surface area contributed by atoms with Gasteiger partial charge >= 0.3 is 0 Å². The summed E-state index contributed by atoms with van der Waals surface area (Å²) in [5, 5.41) is 32.1. The predicted molar refractivity (Wildman–Crippen MR) is 264 cm³/mol. The summed E-state index contributed by atoms with van der Waals surface area (Å²) in [6.07, 6.45) is 28.9. The third-order valence-corrected chi connectivity index (χ3v) is 12.5. The second kappa shape index (κ2) is 43.0. The van der Waals surface area contributed by atoms with E-state index in [1.165, 1.54) is 135 Å². The Hall–Kier alpha value is -0.360. The van der Waals surface area contributed by atoms with Gasteiger partial charge in [0.15, 0.2) is 18.9 Å². The fraction of sp³-hybridized carbons (Fsp3) is 1.00. The first-order chi connectivity index (χ1) is 30.2. The topological polar surface area (TPSA) is 116 Å². The lowest BCUT2D eigenvalue weighted by atomic mass is 9.88. The van der Waals surface area contributed by atoms with Crippen LogP contribution in [0.1, 0.15) is 249 Å². The Kier molecular flexibility index (Phi) is 42.7. The molecule has 6 unspecified atom stereocenters. The van der Waals surface area contributed by atoms with Crippen molar-refractivity contribution in [1.82, 2.24) is 0 Å². The van der Waals surface area contributed by atoms with E-state index in [2.05, 4.69) is 48.5 Å². The number of ether oxygens (including phenoxy) is 6. The predicted octanol–water partition coefficient (Wildman–Crippen LogP) is 14.1. The van der Waals surface area contributed by atoms with E-state index in [-0.39, 0.29) is 19.8 Å². The SMILES string of the molecule is CCC(COC(OCCCCCCCCCCC(C)C)C(C)O)(COC(OCCCCCCCCCCC(C)C)C(C)O)COC(OCCCCCCCCCCC(C)C)C(C)O. The van der Waals surface area contributed by atoms with Gasteiger partial charge in [0, 0.05) is 25.2 Å². The average molecular weight is 903 g/mol. The summed E-state index contributed by atoms with van der Waals surface area (Å²) >= 11 is 0. The van der Waals surface area contributed by atoms with Crippen LogP contribution >= 0.6 is 0 Å². The molecule has 3 N–H and O–H groups in total. The van der Waals surface area contributed by atoms with Gasteiger partial charge in [-0.3, -0.25) is 0 Å². The molecule has 0 aromatic rings. The van der Waals surface area contributed by atoms with Gasteiger partial charge in [-0.1, -0.05) is 203 Å². The third-order valence-electron chi connectivity index (χ3n) is 12.5. The number of rotatable bonds is 49. The molecule has 0 aliphatic rings. The van der Waals surface area contributed by atoms with Gasteiger partial charge in [-0.15, -0.1) is 0 Å². The number of hydrogen-bond acceptors (Lipinski definition) is 9. The van der Waals surface area contributed by atoms with E-state index in [1.54, 1.807) is 20.8 Å².